The van der Waals surface area contributed by atoms with Gasteiger partial charge in [-0.2, -0.15) is 0 Å². The minimum absolute atomic E-state index is 0.0977. The van der Waals surface area contributed by atoms with Crippen LogP contribution in [0.3, 0.4) is 0 Å². The van der Waals surface area contributed by atoms with E-state index in [2.05, 4.69) is 4.98 Å². The first-order valence-corrected chi connectivity index (χ1v) is 10.6. The fourth-order valence-electron chi connectivity index (χ4n) is 5.09. The number of carbonyl (C=O) groups is 2. The molecule has 162 valence electrons. The van der Waals surface area contributed by atoms with E-state index in [-0.39, 0.29) is 11.8 Å². The smallest absolute Gasteiger partial charge is 0.257 e. The second-order valence-corrected chi connectivity index (χ2v) is 8.50. The molecule has 0 saturated carbocycles. The number of fused-ring (bicyclic) bond motifs is 1. The number of likely N-dealkylation sites (tertiary alicyclic amines) is 1. The van der Waals surface area contributed by atoms with Crippen molar-refractivity contribution >= 4 is 11.8 Å². The third-order valence-corrected chi connectivity index (χ3v) is 6.68. The molecule has 2 amide bonds. The standard InChI is InChI=1S/C23H23F2N3O3/c1-14-18(3-2-8-26-14)21(29)27-9-6-23(7-10-27)22(30)28-19(4-5-20(28)31-23)15-11-16(24)13-17(25)12-15/h2-3,8,11-13,19-20H,4-7,9-10H2,1H3. The van der Waals surface area contributed by atoms with Crippen molar-refractivity contribution in [2.24, 2.45) is 0 Å². The summed E-state index contributed by atoms with van der Waals surface area (Å²) in [6.45, 7) is 2.60. The Balaban J connectivity index is 1.32. The van der Waals surface area contributed by atoms with Gasteiger partial charge in [-0.1, -0.05) is 0 Å². The summed E-state index contributed by atoms with van der Waals surface area (Å²) in [5, 5.41) is 0. The average molecular weight is 427 g/mol. The highest BCUT2D eigenvalue weighted by atomic mass is 19.1. The highest BCUT2D eigenvalue weighted by Gasteiger charge is 2.58. The quantitative estimate of drug-likeness (QED) is 0.737. The zero-order valence-electron chi connectivity index (χ0n) is 17.2. The van der Waals surface area contributed by atoms with Gasteiger partial charge in [-0.3, -0.25) is 14.6 Å². The van der Waals surface area contributed by atoms with Crippen molar-refractivity contribution in [1.82, 2.24) is 14.8 Å². The Morgan fingerprint density at radius 1 is 1.16 bits per heavy atom. The summed E-state index contributed by atoms with van der Waals surface area (Å²) >= 11 is 0. The Hall–Kier alpha value is -2.87. The molecular weight excluding hydrogens is 404 g/mol. The van der Waals surface area contributed by atoms with E-state index in [1.165, 1.54) is 12.1 Å². The van der Waals surface area contributed by atoms with Crippen molar-refractivity contribution in [3.8, 4) is 0 Å². The Morgan fingerprint density at radius 3 is 2.55 bits per heavy atom. The third kappa shape index (κ3) is 3.29. The van der Waals surface area contributed by atoms with E-state index in [0.717, 1.165) is 6.07 Å². The molecule has 1 aromatic carbocycles. The van der Waals surface area contributed by atoms with Gasteiger partial charge in [-0.25, -0.2) is 8.78 Å². The minimum Gasteiger partial charge on any atom is -0.342 e. The van der Waals surface area contributed by atoms with Gasteiger partial charge in [-0.15, -0.1) is 0 Å². The van der Waals surface area contributed by atoms with Crippen LogP contribution in [0.1, 0.15) is 53.3 Å². The van der Waals surface area contributed by atoms with Crippen molar-refractivity contribution in [1.29, 1.82) is 0 Å². The monoisotopic (exact) mass is 427 g/mol. The number of nitrogens with zero attached hydrogens (tertiary/aromatic N) is 3. The number of halogens is 2. The summed E-state index contributed by atoms with van der Waals surface area (Å²) in [5.41, 5.74) is 0.710. The minimum atomic E-state index is -0.976. The first-order valence-electron chi connectivity index (χ1n) is 10.6. The summed E-state index contributed by atoms with van der Waals surface area (Å²) in [6, 6.07) is 6.48. The van der Waals surface area contributed by atoms with Gasteiger partial charge in [-0.05, 0) is 49.6 Å². The molecule has 2 aromatic rings. The molecule has 2 unspecified atom stereocenters. The molecule has 5 rings (SSSR count). The predicted molar refractivity (Wildman–Crippen MR) is 107 cm³/mol. The van der Waals surface area contributed by atoms with Crippen molar-refractivity contribution in [2.75, 3.05) is 13.1 Å². The van der Waals surface area contributed by atoms with Gasteiger partial charge < -0.3 is 14.5 Å². The van der Waals surface area contributed by atoms with Gasteiger partial charge in [0.05, 0.1) is 11.6 Å². The summed E-state index contributed by atoms with van der Waals surface area (Å²) < 4.78 is 33.7. The molecule has 0 aliphatic carbocycles. The zero-order chi connectivity index (χ0) is 21.8. The Labute approximate surface area is 178 Å². The number of hydrogen-bond donors (Lipinski definition) is 0. The Kier molecular flexibility index (Phi) is 4.77. The van der Waals surface area contributed by atoms with Crippen LogP contribution in [0.15, 0.2) is 36.5 Å². The maximum atomic E-state index is 13.7. The van der Waals surface area contributed by atoms with E-state index in [1.807, 2.05) is 0 Å². The largest absolute Gasteiger partial charge is 0.342 e. The summed E-state index contributed by atoms with van der Waals surface area (Å²) in [4.78, 5) is 33.9. The lowest BCUT2D eigenvalue weighted by Crippen LogP contribution is -2.51. The lowest BCUT2D eigenvalue weighted by atomic mass is 9.89. The van der Waals surface area contributed by atoms with Crippen molar-refractivity contribution in [3.63, 3.8) is 0 Å². The predicted octanol–water partition coefficient (Wildman–Crippen LogP) is 3.36. The SMILES string of the molecule is Cc1ncccc1C(=O)N1CCC2(CC1)OC1CCC(c3cc(F)cc(F)c3)N1C2=O. The normalized spacial score (nSPS) is 24.7. The highest BCUT2D eigenvalue weighted by molar-refractivity contribution is 5.95. The number of ether oxygens (including phenoxy) is 1. The van der Waals surface area contributed by atoms with E-state index in [4.69, 9.17) is 4.74 Å². The van der Waals surface area contributed by atoms with Crippen LogP contribution in [0.2, 0.25) is 0 Å². The van der Waals surface area contributed by atoms with Crippen LogP contribution in [-0.2, 0) is 9.53 Å². The van der Waals surface area contributed by atoms with E-state index < -0.39 is 29.5 Å². The van der Waals surface area contributed by atoms with Gasteiger partial charge in [0.1, 0.15) is 17.9 Å². The molecule has 1 aromatic heterocycles. The molecule has 3 aliphatic rings. The van der Waals surface area contributed by atoms with Gasteiger partial charge in [0, 0.05) is 43.9 Å². The number of carbonyl (C=O) groups excluding carboxylic acids is 2. The number of aromatic nitrogens is 1. The van der Waals surface area contributed by atoms with E-state index in [0.29, 0.717) is 55.6 Å². The second kappa shape index (κ2) is 7.37. The molecule has 0 radical (unpaired) electrons. The molecule has 31 heavy (non-hydrogen) atoms. The number of amides is 2. The molecule has 6 nitrogen and oxygen atoms in total. The first kappa shape index (κ1) is 20.1. The lowest BCUT2D eigenvalue weighted by Gasteiger charge is -2.37. The van der Waals surface area contributed by atoms with Crippen molar-refractivity contribution < 1.29 is 23.1 Å². The number of piperidine rings is 1. The molecule has 4 heterocycles. The summed E-state index contributed by atoms with van der Waals surface area (Å²) in [5.74, 6) is -1.55. The topological polar surface area (TPSA) is 62.7 Å². The maximum absolute atomic E-state index is 13.7. The second-order valence-electron chi connectivity index (χ2n) is 8.50. The molecule has 3 fully saturated rings. The first-order chi connectivity index (χ1) is 14.9. The molecule has 0 N–H and O–H groups in total. The highest BCUT2D eigenvalue weighted by Crippen LogP contribution is 2.47. The maximum Gasteiger partial charge on any atom is 0.257 e. The molecule has 3 aliphatic heterocycles. The van der Waals surface area contributed by atoms with Gasteiger partial charge in [0.2, 0.25) is 0 Å². The van der Waals surface area contributed by atoms with Crippen LogP contribution in [0.4, 0.5) is 8.78 Å². The van der Waals surface area contributed by atoms with Crippen LogP contribution in [0.25, 0.3) is 0 Å². The number of benzene rings is 1. The zero-order valence-corrected chi connectivity index (χ0v) is 17.2. The van der Waals surface area contributed by atoms with E-state index >= 15 is 0 Å². The molecule has 3 saturated heterocycles. The van der Waals surface area contributed by atoms with Crippen LogP contribution >= 0.6 is 0 Å². The van der Waals surface area contributed by atoms with Crippen LogP contribution in [0.5, 0.6) is 0 Å². The molecule has 1 spiro atoms. The van der Waals surface area contributed by atoms with Crippen LogP contribution in [-0.4, -0.2) is 51.5 Å². The number of pyridine rings is 1. The molecular formula is C23H23F2N3O3. The summed E-state index contributed by atoms with van der Waals surface area (Å²) in [6.07, 6.45) is 3.26. The van der Waals surface area contributed by atoms with E-state index in [9.17, 15) is 18.4 Å². The Bertz CT molecular complexity index is 1030. The fraction of sp³-hybridized carbons (Fsp3) is 0.435. The molecule has 0 bridgehead atoms. The van der Waals surface area contributed by atoms with Crippen molar-refractivity contribution in [2.45, 2.75) is 50.5 Å². The third-order valence-electron chi connectivity index (χ3n) is 6.68. The van der Waals surface area contributed by atoms with Gasteiger partial charge in [0.15, 0.2) is 5.60 Å². The lowest BCUT2D eigenvalue weighted by molar-refractivity contribution is -0.142. The van der Waals surface area contributed by atoms with Crippen LogP contribution in [0, 0.1) is 18.6 Å². The number of rotatable bonds is 2. The average Bonchev–Trinajstić information content (AvgIpc) is 3.26. The molecule has 2 atom stereocenters. The van der Waals surface area contributed by atoms with Crippen LogP contribution < -0.4 is 0 Å². The number of hydrogen-bond acceptors (Lipinski definition) is 4. The fourth-order valence-corrected chi connectivity index (χ4v) is 5.09. The Morgan fingerprint density at radius 2 is 1.87 bits per heavy atom. The van der Waals surface area contributed by atoms with Crippen molar-refractivity contribution in [3.05, 3.63) is 65.0 Å². The van der Waals surface area contributed by atoms with Gasteiger partial charge in [0.25, 0.3) is 11.8 Å². The summed E-state index contributed by atoms with van der Waals surface area (Å²) in [7, 11) is 0. The van der Waals surface area contributed by atoms with E-state index in [1.54, 1.807) is 35.1 Å². The molecule has 8 heteroatoms. The van der Waals surface area contributed by atoms with Gasteiger partial charge >= 0.3 is 0 Å². The number of aryl methyl sites for hydroxylation is 1.